The maximum Gasteiger partial charge on any atom is 0.0825 e. The molecule has 0 aliphatic heterocycles. The smallest absolute Gasteiger partial charge is 0.0825 e. The van der Waals surface area contributed by atoms with Gasteiger partial charge in [-0.3, -0.25) is 4.68 Å². The molecule has 100 valence electrons. The summed E-state index contributed by atoms with van der Waals surface area (Å²) in [5, 5.41) is 8.09. The van der Waals surface area contributed by atoms with Gasteiger partial charge >= 0.3 is 0 Å². The number of fused-ring (bicyclic) bond motifs is 1. The topological polar surface area (TPSA) is 29.9 Å². The van der Waals surface area contributed by atoms with Gasteiger partial charge in [-0.05, 0) is 37.3 Å². The van der Waals surface area contributed by atoms with Crippen LogP contribution < -0.4 is 5.32 Å². The minimum Gasteiger partial charge on any atom is -0.375 e. The molecule has 0 saturated heterocycles. The van der Waals surface area contributed by atoms with Crippen LogP contribution in [0.3, 0.4) is 0 Å². The second-order valence-corrected chi connectivity index (χ2v) is 5.44. The summed E-state index contributed by atoms with van der Waals surface area (Å²) in [6.07, 6.45) is 7.06. The molecule has 0 bridgehead atoms. The molecule has 0 spiro atoms. The van der Waals surface area contributed by atoms with E-state index < -0.39 is 0 Å². The standard InChI is InChI=1S/C16H21N3/c1-12-16(11-19(2)18-12)17-15-10-6-4-8-13-7-3-5-9-14(13)15/h3,5,7,9,11,15,17H,4,6,8,10H2,1-2H3. The first-order valence-electron chi connectivity index (χ1n) is 7.08. The molecule has 1 unspecified atom stereocenters. The van der Waals surface area contributed by atoms with Crippen LogP contribution in [0.2, 0.25) is 0 Å². The van der Waals surface area contributed by atoms with Crippen LogP contribution in [0.1, 0.15) is 42.1 Å². The van der Waals surface area contributed by atoms with E-state index in [1.807, 2.05) is 11.7 Å². The minimum absolute atomic E-state index is 0.418. The van der Waals surface area contributed by atoms with Crippen LogP contribution in [0.5, 0.6) is 0 Å². The van der Waals surface area contributed by atoms with E-state index in [9.17, 15) is 0 Å². The summed E-state index contributed by atoms with van der Waals surface area (Å²) in [5.41, 5.74) is 5.19. The van der Waals surface area contributed by atoms with Crippen LogP contribution in [0, 0.1) is 6.92 Å². The predicted molar refractivity (Wildman–Crippen MR) is 78.3 cm³/mol. The van der Waals surface area contributed by atoms with Crippen molar-refractivity contribution in [3.8, 4) is 0 Å². The third-order valence-corrected chi connectivity index (χ3v) is 3.96. The fourth-order valence-electron chi connectivity index (χ4n) is 3.00. The monoisotopic (exact) mass is 255 g/mol. The lowest BCUT2D eigenvalue weighted by Crippen LogP contribution is -2.11. The molecule has 1 N–H and O–H groups in total. The molecule has 0 fully saturated rings. The second-order valence-electron chi connectivity index (χ2n) is 5.44. The Morgan fingerprint density at radius 3 is 2.89 bits per heavy atom. The summed E-state index contributed by atoms with van der Waals surface area (Å²) in [4.78, 5) is 0. The first kappa shape index (κ1) is 12.3. The molecule has 3 heteroatoms. The van der Waals surface area contributed by atoms with Gasteiger partial charge in [0.25, 0.3) is 0 Å². The summed E-state index contributed by atoms with van der Waals surface area (Å²) >= 11 is 0. The number of benzene rings is 1. The molecule has 1 heterocycles. The Kier molecular flexibility index (Phi) is 3.28. The van der Waals surface area contributed by atoms with Crippen molar-refractivity contribution in [3.05, 3.63) is 47.3 Å². The zero-order valence-electron chi connectivity index (χ0n) is 11.7. The lowest BCUT2D eigenvalue weighted by Gasteiger charge is -2.20. The minimum atomic E-state index is 0.418. The van der Waals surface area contributed by atoms with E-state index in [0.717, 1.165) is 11.4 Å². The number of rotatable bonds is 2. The molecule has 19 heavy (non-hydrogen) atoms. The molecule has 0 saturated carbocycles. The molecule has 1 aliphatic rings. The maximum absolute atomic E-state index is 4.41. The molecule has 2 aromatic rings. The quantitative estimate of drug-likeness (QED) is 0.831. The van der Waals surface area contributed by atoms with Gasteiger partial charge in [0.15, 0.2) is 0 Å². The van der Waals surface area contributed by atoms with Gasteiger partial charge in [0.1, 0.15) is 0 Å². The largest absolute Gasteiger partial charge is 0.375 e. The van der Waals surface area contributed by atoms with Gasteiger partial charge in [-0.25, -0.2) is 0 Å². The van der Waals surface area contributed by atoms with Crippen LogP contribution in [-0.4, -0.2) is 9.78 Å². The van der Waals surface area contributed by atoms with E-state index in [4.69, 9.17) is 0 Å². The third kappa shape index (κ3) is 2.50. The first-order chi connectivity index (χ1) is 9.24. The maximum atomic E-state index is 4.41. The fraction of sp³-hybridized carbons (Fsp3) is 0.438. The van der Waals surface area contributed by atoms with Gasteiger partial charge in [0.2, 0.25) is 0 Å². The van der Waals surface area contributed by atoms with Gasteiger partial charge in [-0.2, -0.15) is 5.10 Å². The molecule has 1 aliphatic carbocycles. The van der Waals surface area contributed by atoms with Crippen molar-refractivity contribution >= 4 is 5.69 Å². The van der Waals surface area contributed by atoms with E-state index in [2.05, 4.69) is 47.8 Å². The van der Waals surface area contributed by atoms with Crippen molar-refractivity contribution in [2.45, 2.75) is 38.6 Å². The number of nitrogens with one attached hydrogen (secondary N) is 1. The lowest BCUT2D eigenvalue weighted by molar-refractivity contribution is 0.644. The van der Waals surface area contributed by atoms with Crippen LogP contribution in [-0.2, 0) is 13.5 Å². The van der Waals surface area contributed by atoms with Gasteiger partial charge in [-0.15, -0.1) is 0 Å². The van der Waals surface area contributed by atoms with Gasteiger partial charge in [-0.1, -0.05) is 30.7 Å². The van der Waals surface area contributed by atoms with E-state index in [1.165, 1.54) is 36.8 Å². The lowest BCUT2D eigenvalue weighted by atomic mass is 9.99. The zero-order chi connectivity index (χ0) is 13.2. The molecule has 1 aromatic carbocycles. The van der Waals surface area contributed by atoms with Crippen LogP contribution >= 0.6 is 0 Å². The van der Waals surface area contributed by atoms with Crippen LogP contribution in [0.15, 0.2) is 30.5 Å². The summed E-state index contributed by atoms with van der Waals surface area (Å²) < 4.78 is 1.88. The highest BCUT2D eigenvalue weighted by Crippen LogP contribution is 2.31. The Hall–Kier alpha value is -1.77. The van der Waals surface area contributed by atoms with Crippen molar-refractivity contribution in [2.24, 2.45) is 7.05 Å². The van der Waals surface area contributed by atoms with E-state index in [-0.39, 0.29) is 0 Å². The summed E-state index contributed by atoms with van der Waals surface area (Å²) in [6.45, 7) is 2.06. The fourth-order valence-corrected chi connectivity index (χ4v) is 3.00. The highest BCUT2D eigenvalue weighted by molar-refractivity contribution is 5.49. The van der Waals surface area contributed by atoms with E-state index in [1.54, 1.807) is 0 Å². The Bertz CT molecular complexity index is 571. The van der Waals surface area contributed by atoms with Crippen molar-refractivity contribution in [2.75, 3.05) is 5.32 Å². The molecule has 1 atom stereocenters. The van der Waals surface area contributed by atoms with Crippen molar-refractivity contribution < 1.29 is 0 Å². The normalized spacial score (nSPS) is 18.7. The SMILES string of the molecule is Cc1nn(C)cc1NC1CCCCc2ccccc21. The Balaban J connectivity index is 1.90. The molecule has 0 amide bonds. The Morgan fingerprint density at radius 2 is 2.11 bits per heavy atom. The van der Waals surface area contributed by atoms with E-state index >= 15 is 0 Å². The summed E-state index contributed by atoms with van der Waals surface area (Å²) in [7, 11) is 1.97. The number of aryl methyl sites for hydroxylation is 3. The Labute approximate surface area is 114 Å². The van der Waals surface area contributed by atoms with Crippen molar-refractivity contribution in [3.63, 3.8) is 0 Å². The number of hydrogen-bond acceptors (Lipinski definition) is 2. The molecule has 3 nitrogen and oxygen atoms in total. The molecular formula is C16H21N3. The molecule has 3 rings (SSSR count). The predicted octanol–water partition coefficient (Wildman–Crippen LogP) is 3.61. The molecule has 1 aromatic heterocycles. The average Bonchev–Trinajstić information content (AvgIpc) is 2.61. The van der Waals surface area contributed by atoms with Crippen LogP contribution in [0.4, 0.5) is 5.69 Å². The molecular weight excluding hydrogens is 234 g/mol. The number of anilines is 1. The van der Waals surface area contributed by atoms with Gasteiger partial charge < -0.3 is 5.32 Å². The summed E-state index contributed by atoms with van der Waals surface area (Å²) in [6, 6.07) is 9.25. The van der Waals surface area contributed by atoms with Gasteiger partial charge in [0, 0.05) is 13.2 Å². The zero-order valence-corrected chi connectivity index (χ0v) is 11.7. The highest BCUT2D eigenvalue weighted by atomic mass is 15.3. The van der Waals surface area contributed by atoms with E-state index in [0.29, 0.717) is 6.04 Å². The average molecular weight is 255 g/mol. The van der Waals surface area contributed by atoms with Crippen molar-refractivity contribution in [1.29, 1.82) is 0 Å². The Morgan fingerprint density at radius 1 is 1.26 bits per heavy atom. The van der Waals surface area contributed by atoms with Crippen LogP contribution in [0.25, 0.3) is 0 Å². The van der Waals surface area contributed by atoms with Crippen molar-refractivity contribution in [1.82, 2.24) is 9.78 Å². The molecule has 0 radical (unpaired) electrons. The first-order valence-corrected chi connectivity index (χ1v) is 7.08. The third-order valence-electron chi connectivity index (χ3n) is 3.96. The second kappa shape index (κ2) is 5.08. The number of hydrogen-bond donors (Lipinski definition) is 1. The highest BCUT2D eigenvalue weighted by Gasteiger charge is 2.19. The summed E-state index contributed by atoms with van der Waals surface area (Å²) in [5.74, 6) is 0. The number of aromatic nitrogens is 2. The van der Waals surface area contributed by atoms with Gasteiger partial charge in [0.05, 0.1) is 17.4 Å². The number of nitrogens with zero attached hydrogens (tertiary/aromatic N) is 2.